The van der Waals surface area contributed by atoms with Gasteiger partial charge in [0.1, 0.15) is 6.26 Å². The van der Waals surface area contributed by atoms with Gasteiger partial charge in [0.2, 0.25) is 5.89 Å². The van der Waals surface area contributed by atoms with Gasteiger partial charge in [-0.3, -0.25) is 4.79 Å². The molecule has 4 nitrogen and oxygen atoms in total. The van der Waals surface area contributed by atoms with Gasteiger partial charge in [-0.15, -0.1) is 0 Å². The quantitative estimate of drug-likeness (QED) is 0.604. The number of carbonyl (C=O) groups is 1. The summed E-state index contributed by atoms with van der Waals surface area (Å²) in [6, 6.07) is 0. The Balaban J connectivity index is 2.56. The molecule has 0 spiro atoms. The first kappa shape index (κ1) is 7.78. The van der Waals surface area contributed by atoms with E-state index < -0.39 is 6.10 Å². The Morgan fingerprint density at radius 3 is 3.00 bits per heavy atom. The van der Waals surface area contributed by atoms with Crippen LogP contribution < -0.4 is 0 Å². The Labute approximate surface area is 64.2 Å². The van der Waals surface area contributed by atoms with E-state index >= 15 is 0 Å². The van der Waals surface area contributed by atoms with Gasteiger partial charge in [-0.05, 0) is 6.92 Å². The Kier molecular flexibility index (Phi) is 2.25. The van der Waals surface area contributed by atoms with Crippen LogP contribution in [0.5, 0.6) is 0 Å². The molecule has 1 heterocycles. The van der Waals surface area contributed by atoms with Crippen LogP contribution in [0.25, 0.3) is 0 Å². The van der Waals surface area contributed by atoms with Crippen molar-refractivity contribution in [3.8, 4) is 0 Å². The summed E-state index contributed by atoms with van der Waals surface area (Å²) in [4.78, 5) is 14.3. The molecule has 1 aromatic rings. The lowest BCUT2D eigenvalue weighted by Crippen LogP contribution is -2.04. The average Bonchev–Trinajstić information content (AvgIpc) is 2.35. The molecule has 0 amide bonds. The molecule has 0 fully saturated rings. The van der Waals surface area contributed by atoms with Gasteiger partial charge in [-0.1, -0.05) is 0 Å². The van der Waals surface area contributed by atoms with Gasteiger partial charge in [0.25, 0.3) is 0 Å². The highest BCUT2D eigenvalue weighted by Gasteiger charge is 2.11. The van der Waals surface area contributed by atoms with Gasteiger partial charge in [-0.25, -0.2) is 4.98 Å². The molecular formula is C7H9NO3. The monoisotopic (exact) mass is 155 g/mol. The Hall–Kier alpha value is -1.32. The van der Waals surface area contributed by atoms with E-state index in [1.54, 1.807) is 6.92 Å². The molecule has 1 aromatic heterocycles. The third-order valence-corrected chi connectivity index (χ3v) is 1.14. The summed E-state index contributed by atoms with van der Waals surface area (Å²) in [5.74, 6) is 0.0795. The van der Waals surface area contributed by atoms with Crippen molar-refractivity contribution in [3.63, 3.8) is 0 Å². The van der Waals surface area contributed by atoms with Crippen molar-refractivity contribution >= 4 is 5.97 Å². The zero-order chi connectivity index (χ0) is 8.27. The van der Waals surface area contributed by atoms with Crippen molar-refractivity contribution in [1.82, 2.24) is 4.98 Å². The van der Waals surface area contributed by atoms with Crippen LogP contribution in [0.15, 0.2) is 16.9 Å². The summed E-state index contributed by atoms with van der Waals surface area (Å²) < 4.78 is 9.71. The molecule has 4 heteroatoms. The highest BCUT2D eigenvalue weighted by Crippen LogP contribution is 2.13. The Morgan fingerprint density at radius 1 is 1.82 bits per heavy atom. The van der Waals surface area contributed by atoms with Gasteiger partial charge in [-0.2, -0.15) is 0 Å². The van der Waals surface area contributed by atoms with E-state index in [1.165, 1.54) is 19.4 Å². The van der Waals surface area contributed by atoms with Crippen LogP contribution in [0, 0.1) is 0 Å². The largest absolute Gasteiger partial charge is 0.453 e. The minimum atomic E-state index is -0.400. The fraction of sp³-hybridized carbons (Fsp3) is 0.429. The van der Waals surface area contributed by atoms with E-state index in [2.05, 4.69) is 4.98 Å². The first-order valence-electron chi connectivity index (χ1n) is 3.26. The van der Waals surface area contributed by atoms with E-state index in [1.807, 2.05) is 0 Å². The van der Waals surface area contributed by atoms with Crippen molar-refractivity contribution in [2.24, 2.45) is 0 Å². The van der Waals surface area contributed by atoms with Crippen LogP contribution in [0.3, 0.4) is 0 Å². The van der Waals surface area contributed by atoms with Crippen molar-refractivity contribution in [3.05, 3.63) is 18.4 Å². The number of hydrogen-bond acceptors (Lipinski definition) is 4. The SMILES string of the molecule is CC(=O)OC(C)c1ncco1. The van der Waals surface area contributed by atoms with Gasteiger partial charge in [0.15, 0.2) is 6.10 Å². The van der Waals surface area contributed by atoms with Crippen LogP contribution in [-0.2, 0) is 9.53 Å². The van der Waals surface area contributed by atoms with E-state index in [4.69, 9.17) is 9.15 Å². The summed E-state index contributed by atoms with van der Waals surface area (Å²) in [6.07, 6.45) is 2.55. The van der Waals surface area contributed by atoms with Crippen molar-refractivity contribution < 1.29 is 13.9 Å². The van der Waals surface area contributed by atoms with Gasteiger partial charge in [0, 0.05) is 6.92 Å². The highest BCUT2D eigenvalue weighted by molar-refractivity contribution is 5.66. The van der Waals surface area contributed by atoms with E-state index in [0.29, 0.717) is 5.89 Å². The second kappa shape index (κ2) is 3.18. The lowest BCUT2D eigenvalue weighted by atomic mass is 10.4. The number of ether oxygens (including phenoxy) is 1. The number of oxazole rings is 1. The average molecular weight is 155 g/mol. The van der Waals surface area contributed by atoms with Crippen LogP contribution in [-0.4, -0.2) is 11.0 Å². The maximum Gasteiger partial charge on any atom is 0.303 e. The maximum atomic E-state index is 10.5. The molecule has 1 atom stereocenters. The van der Waals surface area contributed by atoms with Gasteiger partial charge in [0.05, 0.1) is 6.20 Å². The molecular weight excluding hydrogens is 146 g/mol. The lowest BCUT2D eigenvalue weighted by Gasteiger charge is -2.05. The minimum absolute atomic E-state index is 0.337. The van der Waals surface area contributed by atoms with E-state index in [-0.39, 0.29) is 5.97 Å². The van der Waals surface area contributed by atoms with Gasteiger partial charge < -0.3 is 9.15 Å². The molecule has 0 bridgehead atoms. The van der Waals surface area contributed by atoms with Crippen LogP contribution in [0.1, 0.15) is 25.8 Å². The van der Waals surface area contributed by atoms with Crippen LogP contribution in [0.4, 0.5) is 0 Å². The van der Waals surface area contributed by atoms with Crippen LogP contribution in [0.2, 0.25) is 0 Å². The standard InChI is InChI=1S/C7H9NO3/c1-5(11-6(2)9)7-8-3-4-10-7/h3-5H,1-2H3. The summed E-state index contributed by atoms with van der Waals surface area (Å²) >= 11 is 0. The summed E-state index contributed by atoms with van der Waals surface area (Å²) in [5, 5.41) is 0. The molecule has 0 radical (unpaired) electrons. The van der Waals surface area contributed by atoms with E-state index in [9.17, 15) is 4.79 Å². The summed E-state index contributed by atoms with van der Waals surface area (Å²) in [6.45, 7) is 3.05. The number of hydrogen-bond donors (Lipinski definition) is 0. The molecule has 0 aliphatic heterocycles. The summed E-state index contributed by atoms with van der Waals surface area (Å²) in [5.41, 5.74) is 0. The smallest absolute Gasteiger partial charge is 0.303 e. The number of carbonyl (C=O) groups excluding carboxylic acids is 1. The van der Waals surface area contributed by atoms with Crippen LogP contribution >= 0.6 is 0 Å². The molecule has 0 N–H and O–H groups in total. The fourth-order valence-corrected chi connectivity index (χ4v) is 0.735. The first-order chi connectivity index (χ1) is 5.20. The highest BCUT2D eigenvalue weighted by atomic mass is 16.5. The van der Waals surface area contributed by atoms with E-state index in [0.717, 1.165) is 0 Å². The topological polar surface area (TPSA) is 52.3 Å². The molecule has 1 rings (SSSR count). The first-order valence-corrected chi connectivity index (χ1v) is 3.26. The normalized spacial score (nSPS) is 12.5. The molecule has 60 valence electrons. The molecule has 0 saturated carbocycles. The lowest BCUT2D eigenvalue weighted by molar-refractivity contribution is -0.146. The zero-order valence-corrected chi connectivity index (χ0v) is 6.40. The second-order valence-corrected chi connectivity index (χ2v) is 2.12. The summed E-state index contributed by atoms with van der Waals surface area (Å²) in [7, 11) is 0. The molecule has 1 unspecified atom stereocenters. The van der Waals surface area contributed by atoms with Crippen molar-refractivity contribution in [2.45, 2.75) is 20.0 Å². The number of esters is 1. The minimum Gasteiger partial charge on any atom is -0.453 e. The predicted molar refractivity (Wildman–Crippen MR) is 36.7 cm³/mol. The predicted octanol–water partition coefficient (Wildman–Crippen LogP) is 1.30. The van der Waals surface area contributed by atoms with Crippen molar-refractivity contribution in [2.75, 3.05) is 0 Å². The van der Waals surface area contributed by atoms with Gasteiger partial charge >= 0.3 is 5.97 Å². The Bertz CT molecular complexity index is 230. The number of rotatable bonds is 2. The third kappa shape index (κ3) is 2.07. The maximum absolute atomic E-state index is 10.5. The molecule has 0 aromatic carbocycles. The number of aromatic nitrogens is 1. The Morgan fingerprint density at radius 2 is 2.55 bits per heavy atom. The molecule has 0 aliphatic rings. The third-order valence-electron chi connectivity index (χ3n) is 1.14. The molecule has 0 saturated heterocycles. The molecule has 11 heavy (non-hydrogen) atoms. The zero-order valence-electron chi connectivity index (χ0n) is 6.40. The second-order valence-electron chi connectivity index (χ2n) is 2.12. The van der Waals surface area contributed by atoms with Crippen molar-refractivity contribution in [1.29, 1.82) is 0 Å². The number of nitrogens with zero attached hydrogens (tertiary/aromatic N) is 1. The fourth-order valence-electron chi connectivity index (χ4n) is 0.735. The molecule has 0 aliphatic carbocycles.